The van der Waals surface area contributed by atoms with Gasteiger partial charge in [-0.15, -0.1) is 0 Å². The van der Waals surface area contributed by atoms with Crippen molar-refractivity contribution in [3.8, 4) is 17.6 Å². The fourth-order valence-corrected chi connectivity index (χ4v) is 4.41. The van der Waals surface area contributed by atoms with E-state index in [1.54, 1.807) is 18.1 Å². The minimum absolute atomic E-state index is 0.135. The lowest BCUT2D eigenvalue weighted by molar-refractivity contribution is 0.0744. The maximum Gasteiger partial charge on any atom is 0.274 e. The van der Waals surface area contributed by atoms with Crippen molar-refractivity contribution in [2.75, 3.05) is 25.5 Å². The fourth-order valence-electron chi connectivity index (χ4n) is 4.41. The quantitative estimate of drug-likeness (QED) is 0.390. The van der Waals surface area contributed by atoms with Gasteiger partial charge in [0.15, 0.2) is 11.5 Å². The van der Waals surface area contributed by atoms with Crippen molar-refractivity contribution < 1.29 is 14.3 Å². The van der Waals surface area contributed by atoms with Gasteiger partial charge in [-0.2, -0.15) is 5.26 Å². The fraction of sp³-hybridized carbons (Fsp3) is 0.207. The molecule has 4 aromatic rings. The molecule has 0 unspecified atom stereocenters. The third-order valence-corrected chi connectivity index (χ3v) is 6.30. The van der Waals surface area contributed by atoms with Crippen LogP contribution in [-0.2, 0) is 19.7 Å². The molecular formula is C29H27N5O3. The van der Waals surface area contributed by atoms with Gasteiger partial charge in [0.05, 0.1) is 18.7 Å². The minimum Gasteiger partial charge on any atom is -0.497 e. The van der Waals surface area contributed by atoms with E-state index in [0.29, 0.717) is 60.6 Å². The number of nitrogens with one attached hydrogen (secondary N) is 1. The molecular weight excluding hydrogens is 466 g/mol. The first-order valence-electron chi connectivity index (χ1n) is 12.1. The van der Waals surface area contributed by atoms with Crippen LogP contribution in [0.1, 0.15) is 33.0 Å². The molecule has 186 valence electrons. The molecule has 8 heteroatoms. The van der Waals surface area contributed by atoms with E-state index in [4.69, 9.17) is 14.5 Å². The number of carbonyl (C=O) groups excluding carboxylic acids is 1. The van der Waals surface area contributed by atoms with E-state index in [-0.39, 0.29) is 12.5 Å². The Hall–Kier alpha value is -4.77. The number of hydrogen-bond donors (Lipinski definition) is 1. The number of benzene rings is 3. The summed E-state index contributed by atoms with van der Waals surface area (Å²) in [6.45, 7) is 2.03. The maximum absolute atomic E-state index is 13.9. The van der Waals surface area contributed by atoms with Crippen LogP contribution < -0.4 is 14.8 Å². The number of fused-ring (bicyclic) bond motifs is 1. The molecule has 37 heavy (non-hydrogen) atoms. The molecule has 0 saturated carbocycles. The van der Waals surface area contributed by atoms with E-state index in [1.807, 2.05) is 77.4 Å². The van der Waals surface area contributed by atoms with E-state index in [0.717, 1.165) is 11.1 Å². The number of amides is 1. The van der Waals surface area contributed by atoms with Crippen LogP contribution in [0, 0.1) is 11.3 Å². The summed E-state index contributed by atoms with van der Waals surface area (Å²) >= 11 is 0. The van der Waals surface area contributed by atoms with Gasteiger partial charge in [-0.1, -0.05) is 54.6 Å². The van der Waals surface area contributed by atoms with E-state index in [9.17, 15) is 10.1 Å². The Bertz CT molecular complexity index is 1440. The van der Waals surface area contributed by atoms with Crippen molar-refractivity contribution >= 4 is 11.7 Å². The third kappa shape index (κ3) is 5.26. The largest absolute Gasteiger partial charge is 0.497 e. The lowest BCUT2D eigenvalue weighted by Crippen LogP contribution is -2.34. The van der Waals surface area contributed by atoms with Crippen LogP contribution in [-0.4, -0.2) is 40.6 Å². The van der Waals surface area contributed by atoms with Crippen LogP contribution in [0.4, 0.5) is 5.82 Å². The molecule has 1 aliphatic rings. The number of anilines is 1. The summed E-state index contributed by atoms with van der Waals surface area (Å²) in [6, 6.07) is 26.9. The van der Waals surface area contributed by atoms with E-state index in [1.165, 1.54) is 0 Å². The van der Waals surface area contributed by atoms with Gasteiger partial charge in [0, 0.05) is 32.2 Å². The average molecular weight is 494 g/mol. The SMILES string of the molecule is COc1cccc(OCc2nc3c(n2Cc2ccccc2)C(=O)N(Cc2ccccc2C#N)CCN3)c1. The lowest BCUT2D eigenvalue weighted by Gasteiger charge is -2.22. The second-order valence-electron chi connectivity index (χ2n) is 8.69. The number of ether oxygens (including phenoxy) is 2. The summed E-state index contributed by atoms with van der Waals surface area (Å²) in [6.07, 6.45) is 0. The zero-order chi connectivity index (χ0) is 25.6. The molecule has 0 bridgehead atoms. The van der Waals surface area contributed by atoms with Crippen LogP contribution in [0.3, 0.4) is 0 Å². The van der Waals surface area contributed by atoms with Crippen LogP contribution >= 0.6 is 0 Å². The zero-order valence-electron chi connectivity index (χ0n) is 20.6. The standard InChI is InChI=1S/C29H27N5O3/c1-36-24-12-7-13-25(16-24)37-20-26-32-28-27(34(26)18-21-8-3-2-4-9-21)29(35)33(15-14-31-28)19-23-11-6-5-10-22(23)17-30/h2-13,16,31H,14-15,18-20H2,1H3. The second kappa shape index (κ2) is 10.9. The summed E-state index contributed by atoms with van der Waals surface area (Å²) in [7, 11) is 1.61. The van der Waals surface area contributed by atoms with E-state index < -0.39 is 0 Å². The number of methoxy groups -OCH3 is 1. The molecule has 1 aliphatic heterocycles. The van der Waals surface area contributed by atoms with Gasteiger partial charge in [0.1, 0.15) is 23.9 Å². The number of carbonyl (C=O) groups is 1. The molecule has 1 amide bonds. The maximum atomic E-state index is 13.9. The van der Waals surface area contributed by atoms with Gasteiger partial charge in [-0.3, -0.25) is 4.79 Å². The van der Waals surface area contributed by atoms with Crippen molar-refractivity contribution in [1.82, 2.24) is 14.5 Å². The highest BCUT2D eigenvalue weighted by molar-refractivity contribution is 5.98. The smallest absolute Gasteiger partial charge is 0.274 e. The zero-order valence-corrected chi connectivity index (χ0v) is 20.6. The molecule has 0 fully saturated rings. The molecule has 0 spiro atoms. The summed E-state index contributed by atoms with van der Waals surface area (Å²) < 4.78 is 13.3. The minimum atomic E-state index is -0.135. The normalized spacial score (nSPS) is 12.8. The first-order chi connectivity index (χ1) is 18.2. The predicted octanol–water partition coefficient (Wildman–Crippen LogP) is 4.46. The van der Waals surface area contributed by atoms with Gasteiger partial charge >= 0.3 is 0 Å². The number of hydrogen-bond acceptors (Lipinski definition) is 6. The van der Waals surface area contributed by atoms with Gasteiger partial charge in [-0.25, -0.2) is 4.98 Å². The molecule has 1 aromatic heterocycles. The Kier molecular flexibility index (Phi) is 7.04. The molecule has 0 atom stereocenters. The Morgan fingerprint density at radius 3 is 2.59 bits per heavy atom. The molecule has 0 saturated heterocycles. The highest BCUT2D eigenvalue weighted by Crippen LogP contribution is 2.26. The molecule has 8 nitrogen and oxygen atoms in total. The van der Waals surface area contributed by atoms with E-state index in [2.05, 4.69) is 11.4 Å². The van der Waals surface area contributed by atoms with Crippen molar-refractivity contribution in [2.24, 2.45) is 0 Å². The van der Waals surface area contributed by atoms with Crippen molar-refractivity contribution in [3.63, 3.8) is 0 Å². The van der Waals surface area contributed by atoms with Crippen LogP contribution in [0.25, 0.3) is 0 Å². The molecule has 5 rings (SSSR count). The van der Waals surface area contributed by atoms with Gasteiger partial charge in [-0.05, 0) is 29.3 Å². The van der Waals surface area contributed by atoms with Crippen LogP contribution in [0.2, 0.25) is 0 Å². The average Bonchev–Trinajstić information content (AvgIpc) is 3.20. The van der Waals surface area contributed by atoms with Crippen molar-refractivity contribution in [2.45, 2.75) is 19.7 Å². The summed E-state index contributed by atoms with van der Waals surface area (Å²) in [5.74, 6) is 2.39. The molecule has 3 aromatic carbocycles. The summed E-state index contributed by atoms with van der Waals surface area (Å²) in [5, 5.41) is 12.9. The van der Waals surface area contributed by atoms with Crippen molar-refractivity contribution in [3.05, 3.63) is 107 Å². The Labute approximate surface area is 215 Å². The number of rotatable bonds is 8. The lowest BCUT2D eigenvalue weighted by atomic mass is 10.1. The van der Waals surface area contributed by atoms with Gasteiger partial charge in [0.25, 0.3) is 5.91 Å². The predicted molar refractivity (Wildman–Crippen MR) is 139 cm³/mol. The van der Waals surface area contributed by atoms with Crippen LogP contribution in [0.15, 0.2) is 78.9 Å². The first-order valence-corrected chi connectivity index (χ1v) is 12.1. The molecule has 0 aliphatic carbocycles. The second-order valence-corrected chi connectivity index (χ2v) is 8.69. The highest BCUT2D eigenvalue weighted by Gasteiger charge is 2.30. The molecule has 0 radical (unpaired) electrons. The number of aromatic nitrogens is 2. The Balaban J connectivity index is 1.49. The number of nitriles is 1. The third-order valence-electron chi connectivity index (χ3n) is 6.30. The monoisotopic (exact) mass is 493 g/mol. The number of nitrogens with zero attached hydrogens (tertiary/aromatic N) is 4. The van der Waals surface area contributed by atoms with E-state index >= 15 is 0 Å². The number of imidazole rings is 1. The van der Waals surface area contributed by atoms with Gasteiger partial charge < -0.3 is 24.3 Å². The van der Waals surface area contributed by atoms with Crippen molar-refractivity contribution in [1.29, 1.82) is 5.26 Å². The Morgan fingerprint density at radius 1 is 1.00 bits per heavy atom. The first kappa shape index (κ1) is 23.9. The van der Waals surface area contributed by atoms with Gasteiger partial charge in [0.2, 0.25) is 0 Å². The highest BCUT2D eigenvalue weighted by atomic mass is 16.5. The topological polar surface area (TPSA) is 92.4 Å². The molecule has 2 heterocycles. The Morgan fingerprint density at radius 2 is 1.78 bits per heavy atom. The summed E-state index contributed by atoms with van der Waals surface area (Å²) in [4.78, 5) is 20.5. The van der Waals surface area contributed by atoms with Crippen LogP contribution in [0.5, 0.6) is 11.5 Å². The molecule has 1 N–H and O–H groups in total. The summed E-state index contributed by atoms with van der Waals surface area (Å²) in [5.41, 5.74) is 2.92.